The highest BCUT2D eigenvalue weighted by Crippen LogP contribution is 2.14. The summed E-state index contributed by atoms with van der Waals surface area (Å²) in [6.45, 7) is 8.97. The van der Waals surface area contributed by atoms with E-state index in [0.29, 0.717) is 13.2 Å². The van der Waals surface area contributed by atoms with E-state index < -0.39 is 0 Å². The Labute approximate surface area is 110 Å². The Kier molecular flexibility index (Phi) is 5.86. The van der Waals surface area contributed by atoms with Gasteiger partial charge in [-0.1, -0.05) is 36.8 Å². The Hall–Kier alpha value is -1.35. The number of esters is 1. The summed E-state index contributed by atoms with van der Waals surface area (Å²) in [4.78, 5) is 11.5. The highest BCUT2D eigenvalue weighted by atomic mass is 16.5. The molecule has 100 valence electrons. The molecule has 0 spiro atoms. The zero-order valence-corrected chi connectivity index (χ0v) is 11.7. The molecule has 18 heavy (non-hydrogen) atoms. The number of carbonyl (C=O) groups is 1. The first-order valence-corrected chi connectivity index (χ1v) is 6.51. The fourth-order valence-electron chi connectivity index (χ4n) is 1.78. The van der Waals surface area contributed by atoms with Crippen molar-refractivity contribution in [3.8, 4) is 0 Å². The van der Waals surface area contributed by atoms with E-state index in [0.717, 1.165) is 0 Å². The normalized spacial score (nSPS) is 14.0. The van der Waals surface area contributed by atoms with Gasteiger partial charge in [-0.2, -0.15) is 0 Å². The van der Waals surface area contributed by atoms with Crippen LogP contribution in [0.3, 0.4) is 0 Å². The quantitative estimate of drug-likeness (QED) is 0.788. The molecule has 3 heteroatoms. The minimum absolute atomic E-state index is 0.114. The van der Waals surface area contributed by atoms with Crippen molar-refractivity contribution in [3.63, 3.8) is 0 Å². The Balaban J connectivity index is 2.46. The van der Waals surface area contributed by atoms with Gasteiger partial charge in [0, 0.05) is 12.6 Å². The molecule has 0 saturated heterocycles. The molecule has 1 aromatic rings. The van der Waals surface area contributed by atoms with Gasteiger partial charge < -0.3 is 10.1 Å². The molecule has 0 aromatic heterocycles. The highest BCUT2D eigenvalue weighted by Gasteiger charge is 2.15. The second kappa shape index (κ2) is 7.17. The predicted molar refractivity (Wildman–Crippen MR) is 73.4 cm³/mol. The van der Waals surface area contributed by atoms with E-state index in [2.05, 4.69) is 43.4 Å². The van der Waals surface area contributed by atoms with E-state index in [1.807, 2.05) is 13.8 Å². The minimum Gasteiger partial charge on any atom is -0.466 e. The van der Waals surface area contributed by atoms with Crippen LogP contribution in [0, 0.1) is 12.8 Å². The molecular weight excluding hydrogens is 226 g/mol. The van der Waals surface area contributed by atoms with Gasteiger partial charge in [-0.3, -0.25) is 4.79 Å². The molecule has 0 heterocycles. The number of nitrogens with one attached hydrogen (secondary N) is 1. The molecule has 1 N–H and O–H groups in total. The SMILES string of the molecule is CCOC(=O)C(C)CN[C@@H](C)c1cccc(C)c1. The van der Waals surface area contributed by atoms with Gasteiger partial charge in [0.05, 0.1) is 12.5 Å². The molecule has 0 fully saturated rings. The van der Waals surface area contributed by atoms with Gasteiger partial charge in [-0.25, -0.2) is 0 Å². The number of benzene rings is 1. The Morgan fingerprint density at radius 3 is 2.72 bits per heavy atom. The summed E-state index contributed by atoms with van der Waals surface area (Å²) in [5.41, 5.74) is 2.49. The molecule has 0 amide bonds. The summed E-state index contributed by atoms with van der Waals surface area (Å²) >= 11 is 0. The van der Waals surface area contributed by atoms with Crippen LogP contribution < -0.4 is 5.32 Å². The molecule has 0 aliphatic heterocycles. The van der Waals surface area contributed by atoms with Crippen LogP contribution in [0.15, 0.2) is 24.3 Å². The number of hydrogen-bond acceptors (Lipinski definition) is 3. The summed E-state index contributed by atoms with van der Waals surface area (Å²) in [6, 6.07) is 8.63. The maximum absolute atomic E-state index is 11.5. The first-order chi connectivity index (χ1) is 8.54. The molecule has 0 aliphatic rings. The molecule has 0 radical (unpaired) electrons. The lowest BCUT2D eigenvalue weighted by atomic mass is 10.0. The summed E-state index contributed by atoms with van der Waals surface area (Å²) in [6.07, 6.45) is 0. The van der Waals surface area contributed by atoms with Gasteiger partial charge in [-0.15, -0.1) is 0 Å². The molecular formula is C15H23NO2. The van der Waals surface area contributed by atoms with Gasteiger partial charge in [0.1, 0.15) is 0 Å². The average Bonchev–Trinajstić information content (AvgIpc) is 2.35. The molecule has 1 unspecified atom stereocenters. The average molecular weight is 249 g/mol. The van der Waals surface area contributed by atoms with Crippen molar-refractivity contribution in [2.24, 2.45) is 5.92 Å². The molecule has 2 atom stereocenters. The number of hydrogen-bond donors (Lipinski definition) is 1. The zero-order valence-electron chi connectivity index (χ0n) is 11.7. The number of rotatable bonds is 6. The fourth-order valence-corrected chi connectivity index (χ4v) is 1.78. The van der Waals surface area contributed by atoms with E-state index in [-0.39, 0.29) is 17.9 Å². The maximum Gasteiger partial charge on any atom is 0.309 e. The van der Waals surface area contributed by atoms with Crippen molar-refractivity contribution >= 4 is 5.97 Å². The van der Waals surface area contributed by atoms with E-state index in [1.165, 1.54) is 11.1 Å². The second-order valence-electron chi connectivity index (χ2n) is 4.70. The monoisotopic (exact) mass is 249 g/mol. The van der Waals surface area contributed by atoms with Crippen LogP contribution >= 0.6 is 0 Å². The Bertz CT molecular complexity index is 390. The van der Waals surface area contributed by atoms with Crippen LogP contribution in [0.1, 0.15) is 37.9 Å². The fraction of sp³-hybridized carbons (Fsp3) is 0.533. The van der Waals surface area contributed by atoms with Crippen LogP contribution in [-0.2, 0) is 9.53 Å². The Morgan fingerprint density at radius 2 is 2.11 bits per heavy atom. The number of carbonyl (C=O) groups excluding carboxylic acids is 1. The third kappa shape index (κ3) is 4.49. The van der Waals surface area contributed by atoms with E-state index >= 15 is 0 Å². The lowest BCUT2D eigenvalue weighted by molar-refractivity contribution is -0.147. The van der Waals surface area contributed by atoms with Gasteiger partial charge in [0.15, 0.2) is 0 Å². The standard InChI is InChI=1S/C15H23NO2/c1-5-18-15(17)12(3)10-16-13(4)14-8-6-7-11(2)9-14/h6-9,12-13,16H,5,10H2,1-4H3/t12?,13-/m0/s1. The van der Waals surface area contributed by atoms with Crippen LogP contribution in [-0.4, -0.2) is 19.1 Å². The van der Waals surface area contributed by atoms with Crippen molar-refractivity contribution in [3.05, 3.63) is 35.4 Å². The van der Waals surface area contributed by atoms with E-state index in [9.17, 15) is 4.79 Å². The first-order valence-electron chi connectivity index (χ1n) is 6.51. The van der Waals surface area contributed by atoms with E-state index in [1.54, 1.807) is 0 Å². The summed E-state index contributed by atoms with van der Waals surface area (Å²) in [5, 5.41) is 3.36. The lowest BCUT2D eigenvalue weighted by Gasteiger charge is -2.17. The summed E-state index contributed by atoms with van der Waals surface area (Å²) < 4.78 is 4.98. The second-order valence-corrected chi connectivity index (χ2v) is 4.70. The van der Waals surface area contributed by atoms with Crippen LogP contribution in [0.4, 0.5) is 0 Å². The van der Waals surface area contributed by atoms with Crippen LogP contribution in [0.25, 0.3) is 0 Å². The first kappa shape index (κ1) is 14.7. The zero-order chi connectivity index (χ0) is 13.5. The van der Waals surface area contributed by atoms with Crippen molar-refractivity contribution in [2.45, 2.75) is 33.7 Å². The van der Waals surface area contributed by atoms with Crippen molar-refractivity contribution in [1.29, 1.82) is 0 Å². The van der Waals surface area contributed by atoms with Crippen LogP contribution in [0.5, 0.6) is 0 Å². The molecule has 0 bridgehead atoms. The summed E-state index contributed by atoms with van der Waals surface area (Å²) in [7, 11) is 0. The predicted octanol–water partition coefficient (Wildman–Crippen LogP) is 2.84. The smallest absolute Gasteiger partial charge is 0.309 e. The third-order valence-corrected chi connectivity index (χ3v) is 2.96. The van der Waals surface area contributed by atoms with E-state index in [4.69, 9.17) is 4.74 Å². The van der Waals surface area contributed by atoms with Gasteiger partial charge in [0.25, 0.3) is 0 Å². The van der Waals surface area contributed by atoms with Gasteiger partial charge in [0.2, 0.25) is 0 Å². The third-order valence-electron chi connectivity index (χ3n) is 2.96. The number of aryl methyl sites for hydroxylation is 1. The topological polar surface area (TPSA) is 38.3 Å². The van der Waals surface area contributed by atoms with Crippen molar-refractivity contribution < 1.29 is 9.53 Å². The lowest BCUT2D eigenvalue weighted by Crippen LogP contribution is -2.29. The van der Waals surface area contributed by atoms with Crippen molar-refractivity contribution in [2.75, 3.05) is 13.2 Å². The molecule has 0 aliphatic carbocycles. The van der Waals surface area contributed by atoms with Gasteiger partial charge in [-0.05, 0) is 26.3 Å². The summed E-state index contributed by atoms with van der Waals surface area (Å²) in [5.74, 6) is -0.251. The molecule has 1 rings (SSSR count). The highest BCUT2D eigenvalue weighted by molar-refractivity contribution is 5.72. The molecule has 1 aromatic carbocycles. The van der Waals surface area contributed by atoms with Crippen molar-refractivity contribution in [1.82, 2.24) is 5.32 Å². The largest absolute Gasteiger partial charge is 0.466 e. The molecule has 3 nitrogen and oxygen atoms in total. The molecule has 0 saturated carbocycles. The minimum atomic E-state index is -0.138. The maximum atomic E-state index is 11.5. The Morgan fingerprint density at radius 1 is 1.39 bits per heavy atom. The van der Waals surface area contributed by atoms with Gasteiger partial charge >= 0.3 is 5.97 Å². The van der Waals surface area contributed by atoms with Crippen LogP contribution in [0.2, 0.25) is 0 Å². The number of ether oxygens (including phenoxy) is 1.